The van der Waals surface area contributed by atoms with Crippen LogP contribution in [-0.4, -0.2) is 18.1 Å². The summed E-state index contributed by atoms with van der Waals surface area (Å²) < 4.78 is 1.86. The summed E-state index contributed by atoms with van der Waals surface area (Å²) in [4.78, 5) is 0. The molecule has 1 radical (unpaired) electrons. The molecular weight excluding hydrogens is 96.9 g/mol. The molecule has 0 saturated carbocycles. The van der Waals surface area contributed by atoms with Crippen molar-refractivity contribution in [3.8, 4) is 0 Å². The second kappa shape index (κ2) is 1.99. The molecule has 1 aromatic heterocycles. The molecule has 2 heteroatoms. The van der Waals surface area contributed by atoms with Gasteiger partial charge in [-0.3, -0.25) is 0 Å². The van der Waals surface area contributed by atoms with Gasteiger partial charge in [-0.1, -0.05) is 0 Å². The van der Waals surface area contributed by atoms with E-state index in [9.17, 15) is 0 Å². The van der Waals surface area contributed by atoms with Gasteiger partial charge in [0.2, 0.25) is 0 Å². The second-order valence-electron chi connectivity index (χ2n) is 1.71. The molecule has 0 amide bonds. The Morgan fingerprint density at radius 3 is 2.75 bits per heavy atom. The van der Waals surface area contributed by atoms with E-state index in [1.165, 1.54) is 6.09 Å². The molecule has 0 aliphatic carbocycles. The molecular formula is C6H7BN. The zero-order chi connectivity index (χ0) is 5.98. The van der Waals surface area contributed by atoms with E-state index in [2.05, 4.69) is 0 Å². The van der Waals surface area contributed by atoms with Gasteiger partial charge in [0.05, 0.1) is 0 Å². The van der Waals surface area contributed by atoms with E-state index in [4.69, 9.17) is 7.49 Å². The van der Waals surface area contributed by atoms with Gasteiger partial charge in [0, 0.05) is 0 Å². The van der Waals surface area contributed by atoms with E-state index < -0.39 is 0 Å². The van der Waals surface area contributed by atoms with Gasteiger partial charge in [-0.05, 0) is 0 Å². The molecule has 1 heterocycles. The first-order chi connectivity index (χ1) is 3.84. The Balaban J connectivity index is 3.09. The SMILES string of the molecule is [B]=Cn1cccc1C. The Kier molecular flexibility index (Phi) is 1.33. The average molecular weight is 104 g/mol. The van der Waals surface area contributed by atoms with Crippen LogP contribution in [0.25, 0.3) is 0 Å². The van der Waals surface area contributed by atoms with Crippen LogP contribution in [0.5, 0.6) is 0 Å². The minimum atomic E-state index is 1.16. The van der Waals surface area contributed by atoms with Crippen molar-refractivity contribution in [1.29, 1.82) is 0 Å². The van der Waals surface area contributed by atoms with Gasteiger partial charge < -0.3 is 0 Å². The third kappa shape index (κ3) is 0.737. The summed E-state index contributed by atoms with van der Waals surface area (Å²) in [5.41, 5.74) is 1.16. The van der Waals surface area contributed by atoms with Gasteiger partial charge in [0.1, 0.15) is 0 Å². The van der Waals surface area contributed by atoms with Crippen LogP contribution in [-0.2, 0) is 0 Å². The molecule has 0 aliphatic rings. The van der Waals surface area contributed by atoms with E-state index in [1.807, 2.05) is 29.8 Å². The Labute approximate surface area is 50.0 Å². The first-order valence-electron chi connectivity index (χ1n) is 2.53. The molecule has 8 heavy (non-hydrogen) atoms. The summed E-state index contributed by atoms with van der Waals surface area (Å²) in [6.07, 6.45) is 3.45. The zero-order valence-corrected chi connectivity index (χ0v) is 4.83. The van der Waals surface area contributed by atoms with E-state index in [1.54, 1.807) is 0 Å². The van der Waals surface area contributed by atoms with Crippen molar-refractivity contribution < 1.29 is 0 Å². The number of rotatable bonds is 1. The van der Waals surface area contributed by atoms with Crippen molar-refractivity contribution in [2.45, 2.75) is 6.92 Å². The molecule has 1 rings (SSSR count). The van der Waals surface area contributed by atoms with Gasteiger partial charge in [0.15, 0.2) is 0 Å². The predicted octanol–water partition coefficient (Wildman–Crippen LogP) is 0.573. The number of aromatic nitrogens is 1. The van der Waals surface area contributed by atoms with Crippen LogP contribution < -0.4 is 0 Å². The van der Waals surface area contributed by atoms with E-state index in [-0.39, 0.29) is 0 Å². The summed E-state index contributed by atoms with van der Waals surface area (Å²) in [5.74, 6) is 0. The maximum atomic E-state index is 5.23. The average Bonchev–Trinajstić information content (AvgIpc) is 2.14. The molecule has 0 aromatic carbocycles. The van der Waals surface area contributed by atoms with Crippen molar-refractivity contribution in [1.82, 2.24) is 4.57 Å². The van der Waals surface area contributed by atoms with Crippen LogP contribution in [0.3, 0.4) is 0 Å². The molecule has 0 unspecified atom stereocenters. The van der Waals surface area contributed by atoms with Gasteiger partial charge in [-0.15, -0.1) is 0 Å². The normalized spacial score (nSPS) is 9.00. The topological polar surface area (TPSA) is 4.93 Å². The van der Waals surface area contributed by atoms with Gasteiger partial charge in [-0.25, -0.2) is 0 Å². The van der Waals surface area contributed by atoms with Crippen LogP contribution in [0.4, 0.5) is 0 Å². The summed E-state index contributed by atoms with van der Waals surface area (Å²) >= 11 is 0. The maximum absolute atomic E-state index is 5.23. The Morgan fingerprint density at radius 2 is 2.50 bits per heavy atom. The van der Waals surface area contributed by atoms with Gasteiger partial charge in [-0.2, -0.15) is 0 Å². The van der Waals surface area contributed by atoms with E-state index in [0.717, 1.165) is 5.69 Å². The molecule has 1 aromatic rings. The van der Waals surface area contributed by atoms with Gasteiger partial charge >= 0.3 is 49.1 Å². The van der Waals surface area contributed by atoms with Crippen molar-refractivity contribution in [3.63, 3.8) is 0 Å². The fraction of sp³-hybridized carbons (Fsp3) is 0.167. The monoisotopic (exact) mass is 104 g/mol. The molecule has 0 spiro atoms. The molecule has 0 atom stereocenters. The third-order valence-corrected chi connectivity index (χ3v) is 1.15. The fourth-order valence-corrected chi connectivity index (χ4v) is 0.646. The standard InChI is InChI=1S/C6H7BN/c1-6-3-2-4-8(6)5-7/h2-5H,1H3. The number of hydrogen-bond donors (Lipinski definition) is 0. The summed E-state index contributed by atoms with van der Waals surface area (Å²) in [5, 5.41) is 0. The number of hydrogen-bond acceptors (Lipinski definition) is 0. The van der Waals surface area contributed by atoms with Crippen LogP contribution in [0.15, 0.2) is 18.3 Å². The second-order valence-corrected chi connectivity index (χ2v) is 1.71. The molecule has 0 saturated heterocycles. The summed E-state index contributed by atoms with van der Waals surface area (Å²) in [7, 11) is 5.23. The zero-order valence-electron chi connectivity index (χ0n) is 4.83. The van der Waals surface area contributed by atoms with Crippen LogP contribution >= 0.6 is 0 Å². The van der Waals surface area contributed by atoms with Crippen LogP contribution in [0.2, 0.25) is 0 Å². The summed E-state index contributed by atoms with van der Waals surface area (Å²) in [6, 6.07) is 3.96. The van der Waals surface area contributed by atoms with Crippen molar-refractivity contribution in [3.05, 3.63) is 24.0 Å². The fourth-order valence-electron chi connectivity index (χ4n) is 0.646. The van der Waals surface area contributed by atoms with Crippen LogP contribution in [0.1, 0.15) is 5.69 Å². The quantitative estimate of drug-likeness (QED) is 0.459. The molecule has 0 bridgehead atoms. The first-order valence-corrected chi connectivity index (χ1v) is 2.53. The molecule has 1 nitrogen and oxygen atoms in total. The molecule has 39 valence electrons. The Bertz CT molecular complexity index is 190. The predicted molar refractivity (Wildman–Crippen MR) is 36.4 cm³/mol. The number of aryl methyl sites for hydroxylation is 1. The summed E-state index contributed by atoms with van der Waals surface area (Å²) in [6.45, 7) is 2.00. The Hall–Kier alpha value is -0.785. The van der Waals surface area contributed by atoms with Crippen molar-refractivity contribution in [2.24, 2.45) is 0 Å². The molecule has 0 fully saturated rings. The van der Waals surface area contributed by atoms with Gasteiger partial charge in [0.25, 0.3) is 0 Å². The first kappa shape index (κ1) is 5.35. The van der Waals surface area contributed by atoms with Crippen molar-refractivity contribution in [2.75, 3.05) is 0 Å². The van der Waals surface area contributed by atoms with Crippen LogP contribution in [0, 0.1) is 6.92 Å². The number of nitrogens with zero attached hydrogens (tertiary/aromatic N) is 1. The van der Waals surface area contributed by atoms with E-state index in [0.29, 0.717) is 0 Å². The molecule has 0 aliphatic heterocycles. The van der Waals surface area contributed by atoms with Crippen molar-refractivity contribution >= 4 is 13.6 Å². The Morgan fingerprint density at radius 1 is 1.75 bits per heavy atom. The minimum absolute atomic E-state index is 1.16. The third-order valence-electron chi connectivity index (χ3n) is 1.15. The molecule has 0 N–H and O–H groups in total. The van der Waals surface area contributed by atoms with E-state index >= 15 is 0 Å².